The van der Waals surface area contributed by atoms with E-state index in [4.69, 9.17) is 0 Å². The van der Waals surface area contributed by atoms with Gasteiger partial charge in [-0.1, -0.05) is 13.8 Å². The van der Waals surface area contributed by atoms with Gasteiger partial charge in [0.1, 0.15) is 0 Å². The van der Waals surface area contributed by atoms with Crippen molar-refractivity contribution in [3.8, 4) is 0 Å². The van der Waals surface area contributed by atoms with E-state index in [1.165, 1.54) is 26.1 Å². The maximum Gasteiger partial charge on any atom is 0.0254 e. The van der Waals surface area contributed by atoms with Crippen molar-refractivity contribution in [2.24, 2.45) is 5.92 Å². The third kappa shape index (κ3) is 4.04. The quantitative estimate of drug-likeness (QED) is 0.737. The molecule has 0 aromatic carbocycles. The van der Waals surface area contributed by atoms with Gasteiger partial charge in [0, 0.05) is 25.2 Å². The van der Waals surface area contributed by atoms with Crippen LogP contribution in [0.4, 0.5) is 0 Å². The second-order valence-electron chi connectivity index (χ2n) is 5.52. The summed E-state index contributed by atoms with van der Waals surface area (Å²) in [5.41, 5.74) is 0. The normalized spacial score (nSPS) is 28.9. The molecule has 1 rings (SSSR count). The van der Waals surface area contributed by atoms with E-state index in [1.54, 1.807) is 0 Å². The van der Waals surface area contributed by atoms with Gasteiger partial charge in [-0.2, -0.15) is 0 Å². The zero-order chi connectivity index (χ0) is 12.1. The van der Waals surface area contributed by atoms with Gasteiger partial charge < -0.3 is 15.1 Å². The number of likely N-dealkylation sites (tertiary alicyclic amines) is 1. The molecule has 0 bridgehead atoms. The van der Waals surface area contributed by atoms with Crippen molar-refractivity contribution in [2.45, 2.75) is 39.3 Å². The molecule has 0 saturated carbocycles. The van der Waals surface area contributed by atoms with Crippen LogP contribution in [0.1, 0.15) is 27.2 Å². The molecule has 16 heavy (non-hydrogen) atoms. The average molecular weight is 227 g/mol. The molecule has 3 heteroatoms. The van der Waals surface area contributed by atoms with Gasteiger partial charge in [0.2, 0.25) is 0 Å². The molecule has 1 aliphatic heterocycles. The first kappa shape index (κ1) is 13.9. The molecular formula is C13H29N3. The van der Waals surface area contributed by atoms with Gasteiger partial charge in [-0.3, -0.25) is 0 Å². The number of hydrogen-bond acceptors (Lipinski definition) is 3. The minimum absolute atomic E-state index is 0.652. The number of rotatable bonds is 6. The van der Waals surface area contributed by atoms with Gasteiger partial charge in [-0.05, 0) is 46.4 Å². The van der Waals surface area contributed by atoms with Crippen LogP contribution in [0.3, 0.4) is 0 Å². The Morgan fingerprint density at radius 3 is 2.56 bits per heavy atom. The predicted molar refractivity (Wildman–Crippen MR) is 70.8 cm³/mol. The summed E-state index contributed by atoms with van der Waals surface area (Å²) >= 11 is 0. The van der Waals surface area contributed by atoms with Gasteiger partial charge >= 0.3 is 0 Å². The van der Waals surface area contributed by atoms with Gasteiger partial charge in [0.25, 0.3) is 0 Å². The molecule has 0 amide bonds. The smallest absolute Gasteiger partial charge is 0.0254 e. The number of nitrogens with zero attached hydrogens (tertiary/aromatic N) is 2. The van der Waals surface area contributed by atoms with Crippen LogP contribution in [-0.2, 0) is 0 Å². The SMILES string of the molecule is CCNC(C)CCN1CC(C)C(N(C)C)C1. The zero-order valence-corrected chi connectivity index (χ0v) is 11.7. The van der Waals surface area contributed by atoms with Crippen molar-refractivity contribution in [3.05, 3.63) is 0 Å². The fourth-order valence-electron chi connectivity index (χ4n) is 2.73. The average Bonchev–Trinajstić information content (AvgIpc) is 2.57. The van der Waals surface area contributed by atoms with E-state index < -0.39 is 0 Å². The number of likely N-dealkylation sites (N-methyl/N-ethyl adjacent to an activating group) is 1. The molecule has 0 aromatic heterocycles. The molecule has 1 heterocycles. The van der Waals surface area contributed by atoms with Crippen LogP contribution in [0.5, 0.6) is 0 Å². The summed E-state index contributed by atoms with van der Waals surface area (Å²) in [5.74, 6) is 0.810. The first-order valence-corrected chi connectivity index (χ1v) is 6.66. The molecule has 1 aliphatic rings. The second-order valence-corrected chi connectivity index (χ2v) is 5.52. The Morgan fingerprint density at radius 2 is 2.06 bits per heavy atom. The molecule has 1 fully saturated rings. The Balaban J connectivity index is 2.25. The van der Waals surface area contributed by atoms with E-state index in [2.05, 4.69) is 50.0 Å². The third-order valence-corrected chi connectivity index (χ3v) is 3.74. The fraction of sp³-hybridized carbons (Fsp3) is 1.00. The highest BCUT2D eigenvalue weighted by atomic mass is 15.2. The molecule has 1 saturated heterocycles. The largest absolute Gasteiger partial charge is 0.314 e. The predicted octanol–water partition coefficient (Wildman–Crippen LogP) is 1.26. The topological polar surface area (TPSA) is 18.5 Å². The maximum atomic E-state index is 3.48. The monoisotopic (exact) mass is 227 g/mol. The van der Waals surface area contributed by atoms with Crippen molar-refractivity contribution in [1.82, 2.24) is 15.1 Å². The maximum absolute atomic E-state index is 3.48. The van der Waals surface area contributed by atoms with Gasteiger partial charge in [-0.25, -0.2) is 0 Å². The zero-order valence-electron chi connectivity index (χ0n) is 11.7. The molecule has 0 aromatic rings. The molecule has 0 radical (unpaired) electrons. The molecule has 3 nitrogen and oxygen atoms in total. The summed E-state index contributed by atoms with van der Waals surface area (Å²) in [7, 11) is 4.40. The van der Waals surface area contributed by atoms with Crippen LogP contribution in [0.2, 0.25) is 0 Å². The standard InChI is InChI=1S/C13H29N3/c1-6-14-12(3)7-8-16-9-11(2)13(10-16)15(4)5/h11-14H,6-10H2,1-5H3. The number of nitrogens with one attached hydrogen (secondary N) is 1. The van der Waals surface area contributed by atoms with Gasteiger partial charge in [0.05, 0.1) is 0 Å². The first-order chi connectivity index (χ1) is 7.54. The Morgan fingerprint density at radius 1 is 1.38 bits per heavy atom. The van der Waals surface area contributed by atoms with E-state index in [1.807, 2.05) is 0 Å². The van der Waals surface area contributed by atoms with Gasteiger partial charge in [-0.15, -0.1) is 0 Å². The highest BCUT2D eigenvalue weighted by Crippen LogP contribution is 2.20. The van der Waals surface area contributed by atoms with Crippen LogP contribution in [0, 0.1) is 5.92 Å². The number of hydrogen-bond donors (Lipinski definition) is 1. The first-order valence-electron chi connectivity index (χ1n) is 6.66. The fourth-order valence-corrected chi connectivity index (χ4v) is 2.73. The summed E-state index contributed by atoms with van der Waals surface area (Å²) in [4.78, 5) is 4.99. The van der Waals surface area contributed by atoms with E-state index in [9.17, 15) is 0 Å². The van der Waals surface area contributed by atoms with Crippen molar-refractivity contribution < 1.29 is 0 Å². The van der Waals surface area contributed by atoms with Crippen molar-refractivity contribution in [2.75, 3.05) is 40.3 Å². The van der Waals surface area contributed by atoms with Crippen LogP contribution in [-0.4, -0.2) is 62.2 Å². The lowest BCUT2D eigenvalue weighted by atomic mass is 10.1. The van der Waals surface area contributed by atoms with Crippen LogP contribution < -0.4 is 5.32 Å². The van der Waals surface area contributed by atoms with Crippen LogP contribution >= 0.6 is 0 Å². The van der Waals surface area contributed by atoms with E-state index in [0.29, 0.717) is 6.04 Å². The minimum atomic E-state index is 0.652. The highest BCUT2D eigenvalue weighted by molar-refractivity contribution is 4.86. The molecule has 96 valence electrons. The summed E-state index contributed by atoms with van der Waals surface area (Å²) in [6, 6.07) is 1.40. The van der Waals surface area contributed by atoms with Gasteiger partial charge in [0.15, 0.2) is 0 Å². The minimum Gasteiger partial charge on any atom is -0.314 e. The summed E-state index contributed by atoms with van der Waals surface area (Å²) < 4.78 is 0. The van der Waals surface area contributed by atoms with E-state index in [0.717, 1.165) is 18.5 Å². The summed E-state index contributed by atoms with van der Waals surface area (Å²) in [6.45, 7) is 11.7. The lowest BCUT2D eigenvalue weighted by Gasteiger charge is -2.23. The van der Waals surface area contributed by atoms with Crippen LogP contribution in [0.25, 0.3) is 0 Å². The van der Waals surface area contributed by atoms with E-state index >= 15 is 0 Å². The Kier molecular flexibility index (Phi) is 5.73. The molecule has 1 N–H and O–H groups in total. The Labute approximate surface area is 101 Å². The third-order valence-electron chi connectivity index (χ3n) is 3.74. The molecule has 0 aliphatic carbocycles. The molecule has 0 spiro atoms. The Hall–Kier alpha value is -0.120. The van der Waals surface area contributed by atoms with Crippen molar-refractivity contribution in [3.63, 3.8) is 0 Å². The molecular weight excluding hydrogens is 198 g/mol. The summed E-state index contributed by atoms with van der Waals surface area (Å²) in [5, 5.41) is 3.48. The Bertz CT molecular complexity index is 194. The van der Waals surface area contributed by atoms with Crippen molar-refractivity contribution >= 4 is 0 Å². The molecule has 3 atom stereocenters. The second kappa shape index (κ2) is 6.58. The highest BCUT2D eigenvalue weighted by Gasteiger charge is 2.30. The summed E-state index contributed by atoms with van der Waals surface area (Å²) in [6.07, 6.45) is 1.26. The molecule has 3 unspecified atom stereocenters. The lowest BCUT2D eigenvalue weighted by molar-refractivity contribution is 0.249. The van der Waals surface area contributed by atoms with Crippen LogP contribution in [0.15, 0.2) is 0 Å². The lowest BCUT2D eigenvalue weighted by Crippen LogP contribution is -2.35. The van der Waals surface area contributed by atoms with E-state index in [-0.39, 0.29) is 0 Å². The van der Waals surface area contributed by atoms with Crippen molar-refractivity contribution in [1.29, 1.82) is 0 Å².